The van der Waals surface area contributed by atoms with Gasteiger partial charge in [-0.1, -0.05) is 12.6 Å². The predicted octanol–water partition coefficient (Wildman–Crippen LogP) is 3.12. The number of amides is 1. The fourth-order valence-electron chi connectivity index (χ4n) is 3.70. The summed E-state index contributed by atoms with van der Waals surface area (Å²) in [5.41, 5.74) is 7.57. The van der Waals surface area contributed by atoms with Gasteiger partial charge >= 0.3 is 0 Å². The van der Waals surface area contributed by atoms with Gasteiger partial charge in [-0.3, -0.25) is 4.79 Å². The average molecular weight is 378 g/mol. The highest BCUT2D eigenvalue weighted by molar-refractivity contribution is 5.90. The van der Waals surface area contributed by atoms with Crippen LogP contribution in [0.4, 0.5) is 4.39 Å². The van der Waals surface area contributed by atoms with E-state index >= 15 is 0 Å². The molecular weight excluding hydrogens is 359 g/mol. The third-order valence-electron chi connectivity index (χ3n) is 5.76. The number of nitrogens with two attached hydrogens (primary N) is 1. The number of allylic oxidation sites excluding steroid dienone is 1. The first kappa shape index (κ1) is 16.9. The predicted molar refractivity (Wildman–Crippen MR) is 103 cm³/mol. The summed E-state index contributed by atoms with van der Waals surface area (Å²) in [5, 5.41) is 4.73. The molecule has 0 spiro atoms. The number of benzene rings is 1. The number of primary amides is 1. The molecule has 5 rings (SSSR count). The maximum absolute atomic E-state index is 14.2. The Morgan fingerprint density at radius 3 is 2.93 bits per heavy atom. The summed E-state index contributed by atoms with van der Waals surface area (Å²) < 4.78 is 21.6. The van der Waals surface area contributed by atoms with Crippen LogP contribution in [0.1, 0.15) is 31.0 Å². The summed E-state index contributed by atoms with van der Waals surface area (Å²) in [5.74, 6) is 0.430. The summed E-state index contributed by atoms with van der Waals surface area (Å²) in [6, 6.07) is 6.63. The number of rotatable bonds is 4. The van der Waals surface area contributed by atoms with Gasteiger partial charge in [0.05, 0.1) is 22.8 Å². The van der Waals surface area contributed by atoms with Crippen LogP contribution in [0.5, 0.6) is 5.75 Å². The minimum absolute atomic E-state index is 0.124. The van der Waals surface area contributed by atoms with Gasteiger partial charge in [0, 0.05) is 5.56 Å². The molecule has 3 aromatic rings. The lowest BCUT2D eigenvalue weighted by molar-refractivity contribution is -0.123. The van der Waals surface area contributed by atoms with Crippen molar-refractivity contribution in [3.8, 4) is 11.6 Å². The lowest BCUT2D eigenvalue weighted by atomic mass is 9.83. The zero-order valence-corrected chi connectivity index (χ0v) is 15.4. The first-order chi connectivity index (χ1) is 13.4. The first-order valence-electron chi connectivity index (χ1n) is 9.20. The molecule has 1 atom stereocenters. The highest BCUT2D eigenvalue weighted by Crippen LogP contribution is 2.46. The third-order valence-corrected chi connectivity index (χ3v) is 5.76. The summed E-state index contributed by atoms with van der Waals surface area (Å²) in [6.45, 7) is 6.08. The molecule has 1 aliphatic heterocycles. The fraction of sp³-hybridized carbons (Fsp3) is 0.286. The second-order valence-electron chi connectivity index (χ2n) is 7.72. The van der Waals surface area contributed by atoms with Crippen molar-refractivity contribution >= 4 is 22.4 Å². The quantitative estimate of drug-likeness (QED) is 0.756. The number of hydrogen-bond donors (Lipinski definition) is 1. The van der Waals surface area contributed by atoms with Crippen LogP contribution in [0, 0.1) is 11.7 Å². The van der Waals surface area contributed by atoms with Gasteiger partial charge in [0.15, 0.2) is 11.6 Å². The monoisotopic (exact) mass is 378 g/mol. The maximum atomic E-state index is 14.2. The Morgan fingerprint density at radius 2 is 2.21 bits per heavy atom. The van der Waals surface area contributed by atoms with E-state index in [1.807, 2.05) is 6.07 Å². The average Bonchev–Trinajstić information content (AvgIpc) is 3.34. The van der Waals surface area contributed by atoms with E-state index in [1.165, 1.54) is 12.3 Å². The molecule has 7 heteroatoms. The summed E-state index contributed by atoms with van der Waals surface area (Å²) in [7, 11) is 0. The molecule has 1 saturated carbocycles. The van der Waals surface area contributed by atoms with E-state index in [4.69, 9.17) is 15.5 Å². The van der Waals surface area contributed by atoms with Crippen LogP contribution in [-0.4, -0.2) is 27.3 Å². The van der Waals surface area contributed by atoms with E-state index < -0.39 is 11.3 Å². The highest BCUT2D eigenvalue weighted by atomic mass is 19.1. The molecule has 28 heavy (non-hydrogen) atoms. The number of carbonyl (C=O) groups excluding carboxylic acids is 1. The molecule has 0 bridgehead atoms. The Morgan fingerprint density at radius 1 is 1.43 bits per heavy atom. The standard InChI is InChI=1S/C21H19FN4O2/c1-11(12-6-7-12)16-8-14-18(28-10-21(14,2)20(23)27)19(25-16)26-17-5-3-4-15(22)13(17)9-24-26/h3-5,8-9,12H,1,6-7,10H2,2H3,(H2,23,27)/t21-/m0/s1. The van der Waals surface area contributed by atoms with Crippen molar-refractivity contribution < 1.29 is 13.9 Å². The van der Waals surface area contributed by atoms with E-state index in [2.05, 4.69) is 11.7 Å². The largest absolute Gasteiger partial charge is 0.488 e. The van der Waals surface area contributed by atoms with Crippen LogP contribution >= 0.6 is 0 Å². The Bertz CT molecular complexity index is 1160. The molecule has 2 aromatic heterocycles. The van der Waals surface area contributed by atoms with E-state index in [0.29, 0.717) is 39.6 Å². The first-order valence-corrected chi connectivity index (χ1v) is 9.20. The second kappa shape index (κ2) is 5.64. The minimum Gasteiger partial charge on any atom is -0.488 e. The van der Waals surface area contributed by atoms with Crippen LogP contribution in [0.3, 0.4) is 0 Å². The Kier molecular flexibility index (Phi) is 3.41. The molecule has 1 amide bonds. The van der Waals surface area contributed by atoms with E-state index in [9.17, 15) is 9.18 Å². The number of halogens is 1. The highest BCUT2D eigenvalue weighted by Gasteiger charge is 2.44. The van der Waals surface area contributed by atoms with Crippen molar-refractivity contribution in [1.82, 2.24) is 14.8 Å². The molecule has 0 unspecified atom stereocenters. The molecule has 6 nitrogen and oxygen atoms in total. The third kappa shape index (κ3) is 2.28. The number of fused-ring (bicyclic) bond motifs is 2. The molecule has 3 heterocycles. The summed E-state index contributed by atoms with van der Waals surface area (Å²) in [6.07, 6.45) is 3.61. The molecule has 2 N–H and O–H groups in total. The normalized spacial score (nSPS) is 20.8. The van der Waals surface area contributed by atoms with E-state index in [0.717, 1.165) is 18.4 Å². The molecule has 142 valence electrons. The van der Waals surface area contributed by atoms with Gasteiger partial charge in [-0.05, 0) is 49.5 Å². The minimum atomic E-state index is -0.972. The molecule has 1 fully saturated rings. The Balaban J connectivity index is 1.79. The van der Waals surface area contributed by atoms with Crippen molar-refractivity contribution in [3.63, 3.8) is 0 Å². The van der Waals surface area contributed by atoms with Gasteiger partial charge in [0.2, 0.25) is 5.91 Å². The smallest absolute Gasteiger partial charge is 0.231 e. The topological polar surface area (TPSA) is 83.0 Å². The van der Waals surface area contributed by atoms with Crippen molar-refractivity contribution in [2.75, 3.05) is 6.61 Å². The van der Waals surface area contributed by atoms with Crippen LogP contribution in [0.2, 0.25) is 0 Å². The van der Waals surface area contributed by atoms with Gasteiger partial charge in [-0.15, -0.1) is 0 Å². The molecule has 1 aliphatic carbocycles. The van der Waals surface area contributed by atoms with Gasteiger partial charge in [-0.2, -0.15) is 5.10 Å². The van der Waals surface area contributed by atoms with Crippen molar-refractivity contribution in [2.45, 2.75) is 25.2 Å². The summed E-state index contributed by atoms with van der Waals surface area (Å²) >= 11 is 0. The SMILES string of the molecule is C=C(c1cc2c(c(-n3ncc4c(F)cccc43)n1)OC[C@]2(C)C(N)=O)C1CC1. The lowest BCUT2D eigenvalue weighted by Gasteiger charge is -2.19. The lowest BCUT2D eigenvalue weighted by Crippen LogP contribution is -2.39. The van der Waals surface area contributed by atoms with Crippen LogP contribution < -0.4 is 10.5 Å². The summed E-state index contributed by atoms with van der Waals surface area (Å²) in [4.78, 5) is 16.9. The van der Waals surface area contributed by atoms with E-state index in [1.54, 1.807) is 23.7 Å². The molecular formula is C21H19FN4O2. The Hall–Kier alpha value is -3.22. The zero-order chi connectivity index (χ0) is 19.6. The van der Waals surface area contributed by atoms with Gasteiger partial charge in [-0.25, -0.2) is 14.1 Å². The maximum Gasteiger partial charge on any atom is 0.231 e. The molecule has 2 aliphatic rings. The number of ether oxygens (including phenoxy) is 1. The number of carbonyl (C=O) groups is 1. The van der Waals surface area contributed by atoms with Crippen molar-refractivity contribution in [1.29, 1.82) is 0 Å². The number of nitrogens with zero attached hydrogens (tertiary/aromatic N) is 3. The molecule has 1 aromatic carbocycles. The second-order valence-corrected chi connectivity index (χ2v) is 7.72. The number of pyridine rings is 1. The molecule has 0 saturated heterocycles. The van der Waals surface area contributed by atoms with E-state index in [-0.39, 0.29) is 12.4 Å². The van der Waals surface area contributed by atoms with Gasteiger partial charge in [0.1, 0.15) is 17.8 Å². The zero-order valence-electron chi connectivity index (χ0n) is 15.4. The number of aromatic nitrogens is 3. The Labute approximate surface area is 160 Å². The number of hydrogen-bond acceptors (Lipinski definition) is 4. The van der Waals surface area contributed by atoms with Crippen molar-refractivity contribution in [3.05, 3.63) is 54.1 Å². The fourth-order valence-corrected chi connectivity index (χ4v) is 3.70. The van der Waals surface area contributed by atoms with Gasteiger partial charge < -0.3 is 10.5 Å². The van der Waals surface area contributed by atoms with Crippen LogP contribution in [-0.2, 0) is 10.2 Å². The van der Waals surface area contributed by atoms with Crippen LogP contribution in [0.15, 0.2) is 37.0 Å². The molecule has 0 radical (unpaired) electrons. The van der Waals surface area contributed by atoms with Crippen molar-refractivity contribution in [2.24, 2.45) is 11.7 Å². The van der Waals surface area contributed by atoms with Gasteiger partial charge in [0.25, 0.3) is 0 Å². The van der Waals surface area contributed by atoms with Crippen LogP contribution in [0.25, 0.3) is 22.3 Å².